The molecule has 0 aliphatic heterocycles. The number of nitrogens with zero attached hydrogens (tertiary/aromatic N) is 1. The van der Waals surface area contributed by atoms with Gasteiger partial charge in [0.05, 0.1) is 5.33 Å². The summed E-state index contributed by atoms with van der Waals surface area (Å²) in [5.74, 6) is 0. The number of hydrogen-bond donors (Lipinski definition) is 1. The molecule has 76 valence electrons. The van der Waals surface area contributed by atoms with Crippen LogP contribution in [0.25, 0.3) is 0 Å². The molecule has 0 heterocycles. The summed E-state index contributed by atoms with van der Waals surface area (Å²) >= 11 is 3.12. The van der Waals surface area contributed by atoms with Gasteiger partial charge in [0.1, 0.15) is 0 Å². The van der Waals surface area contributed by atoms with Crippen molar-refractivity contribution in [1.29, 1.82) is 0 Å². The molecule has 0 aliphatic carbocycles. The highest BCUT2D eigenvalue weighted by Crippen LogP contribution is 2.11. The Morgan fingerprint density at radius 2 is 2.29 bits per heavy atom. The van der Waals surface area contributed by atoms with E-state index in [4.69, 9.17) is 5.73 Å². The van der Waals surface area contributed by atoms with Crippen LogP contribution < -0.4 is 5.73 Å². The molecule has 1 aromatic carbocycles. The SMILES string of the molecule is Nc1cccc(CC(CBr)[N+](=O)[O-])c1. The Bertz CT molecular complexity index is 330. The van der Waals surface area contributed by atoms with E-state index in [0.717, 1.165) is 5.56 Å². The largest absolute Gasteiger partial charge is 0.399 e. The Balaban J connectivity index is 2.72. The van der Waals surface area contributed by atoms with E-state index in [0.29, 0.717) is 17.4 Å². The van der Waals surface area contributed by atoms with Crippen LogP contribution in [-0.2, 0) is 6.42 Å². The molecule has 0 saturated heterocycles. The van der Waals surface area contributed by atoms with Gasteiger partial charge in [-0.15, -0.1) is 0 Å². The van der Waals surface area contributed by atoms with Crippen LogP contribution >= 0.6 is 15.9 Å². The third-order valence-electron chi connectivity index (χ3n) is 1.90. The first-order chi connectivity index (χ1) is 6.63. The van der Waals surface area contributed by atoms with Crippen molar-refractivity contribution in [2.75, 3.05) is 11.1 Å². The van der Waals surface area contributed by atoms with Crippen LogP contribution in [0.4, 0.5) is 5.69 Å². The van der Waals surface area contributed by atoms with Crippen molar-refractivity contribution in [3.63, 3.8) is 0 Å². The topological polar surface area (TPSA) is 69.2 Å². The summed E-state index contributed by atoms with van der Waals surface area (Å²) < 4.78 is 0. The molecule has 0 saturated carbocycles. The van der Waals surface area contributed by atoms with Gasteiger partial charge in [0.2, 0.25) is 6.04 Å². The van der Waals surface area contributed by atoms with E-state index in [1.807, 2.05) is 6.07 Å². The third kappa shape index (κ3) is 2.99. The molecule has 2 N–H and O–H groups in total. The van der Waals surface area contributed by atoms with Gasteiger partial charge in [-0.2, -0.15) is 0 Å². The molecule has 1 unspecified atom stereocenters. The number of benzene rings is 1. The molecule has 14 heavy (non-hydrogen) atoms. The smallest absolute Gasteiger partial charge is 0.226 e. The average Bonchev–Trinajstić information content (AvgIpc) is 2.14. The van der Waals surface area contributed by atoms with Crippen LogP contribution in [-0.4, -0.2) is 16.3 Å². The van der Waals surface area contributed by atoms with E-state index in [-0.39, 0.29) is 4.92 Å². The zero-order chi connectivity index (χ0) is 10.6. The van der Waals surface area contributed by atoms with Gasteiger partial charge in [-0.25, -0.2) is 0 Å². The summed E-state index contributed by atoms with van der Waals surface area (Å²) in [7, 11) is 0. The number of nitrogen functional groups attached to an aromatic ring is 1. The summed E-state index contributed by atoms with van der Waals surface area (Å²) in [5.41, 5.74) is 7.10. The lowest BCUT2D eigenvalue weighted by molar-refractivity contribution is -0.515. The van der Waals surface area contributed by atoms with Crippen LogP contribution in [0.5, 0.6) is 0 Å². The molecule has 0 bridgehead atoms. The second-order valence-corrected chi connectivity index (χ2v) is 3.69. The highest BCUT2D eigenvalue weighted by atomic mass is 79.9. The third-order valence-corrected chi connectivity index (χ3v) is 2.65. The van der Waals surface area contributed by atoms with E-state index >= 15 is 0 Å². The first-order valence-corrected chi connectivity index (χ1v) is 5.29. The summed E-state index contributed by atoms with van der Waals surface area (Å²) in [5, 5.41) is 10.9. The standard InChI is InChI=1S/C9H11BrN2O2/c10-6-9(12(13)14)5-7-2-1-3-8(11)4-7/h1-4,9H,5-6,11H2. The summed E-state index contributed by atoms with van der Waals surface area (Å²) in [4.78, 5) is 10.3. The van der Waals surface area contributed by atoms with Crippen molar-refractivity contribution in [1.82, 2.24) is 0 Å². The number of anilines is 1. The molecule has 1 rings (SSSR count). The fourth-order valence-corrected chi connectivity index (χ4v) is 1.64. The average molecular weight is 259 g/mol. The Morgan fingerprint density at radius 1 is 1.57 bits per heavy atom. The molecule has 1 atom stereocenters. The highest BCUT2D eigenvalue weighted by Gasteiger charge is 2.18. The maximum atomic E-state index is 10.6. The van der Waals surface area contributed by atoms with E-state index < -0.39 is 6.04 Å². The lowest BCUT2D eigenvalue weighted by Crippen LogP contribution is -2.23. The first kappa shape index (κ1) is 11.0. The van der Waals surface area contributed by atoms with Crippen molar-refractivity contribution >= 4 is 21.6 Å². The molecule has 1 aromatic rings. The van der Waals surface area contributed by atoms with Crippen LogP contribution in [0.15, 0.2) is 24.3 Å². The predicted molar refractivity (Wildman–Crippen MR) is 59.1 cm³/mol. The molecule has 5 heteroatoms. The maximum absolute atomic E-state index is 10.6. The minimum absolute atomic E-state index is 0.280. The molecule has 0 amide bonds. The number of rotatable bonds is 4. The highest BCUT2D eigenvalue weighted by molar-refractivity contribution is 9.09. The monoisotopic (exact) mass is 258 g/mol. The van der Waals surface area contributed by atoms with Crippen LogP contribution in [0.3, 0.4) is 0 Å². The Morgan fingerprint density at radius 3 is 2.79 bits per heavy atom. The summed E-state index contributed by atoms with van der Waals surface area (Å²) in [6.45, 7) is 0. The zero-order valence-corrected chi connectivity index (χ0v) is 9.11. The van der Waals surface area contributed by atoms with Gasteiger partial charge in [-0.3, -0.25) is 10.1 Å². The Labute approximate surface area is 90.4 Å². The first-order valence-electron chi connectivity index (χ1n) is 4.17. The van der Waals surface area contributed by atoms with Gasteiger partial charge in [0.25, 0.3) is 0 Å². The van der Waals surface area contributed by atoms with Gasteiger partial charge in [-0.05, 0) is 17.7 Å². The van der Waals surface area contributed by atoms with Crippen LogP contribution in [0.1, 0.15) is 5.56 Å². The van der Waals surface area contributed by atoms with Crippen LogP contribution in [0.2, 0.25) is 0 Å². The predicted octanol–water partition coefficient (Wildman–Crippen LogP) is 1.85. The molecular weight excluding hydrogens is 248 g/mol. The fourth-order valence-electron chi connectivity index (χ4n) is 1.18. The summed E-state index contributed by atoms with van der Waals surface area (Å²) in [6.07, 6.45) is 0.406. The lowest BCUT2D eigenvalue weighted by Gasteiger charge is -2.06. The minimum Gasteiger partial charge on any atom is -0.399 e. The van der Waals surface area contributed by atoms with E-state index in [1.165, 1.54) is 0 Å². The lowest BCUT2D eigenvalue weighted by atomic mass is 10.1. The molecule has 0 spiro atoms. The molecule has 0 radical (unpaired) electrons. The molecule has 4 nitrogen and oxygen atoms in total. The molecule has 0 fully saturated rings. The minimum atomic E-state index is -0.586. The molecule has 0 aromatic heterocycles. The number of nitro groups is 1. The van der Waals surface area contributed by atoms with Gasteiger partial charge >= 0.3 is 0 Å². The normalized spacial score (nSPS) is 12.4. The van der Waals surface area contributed by atoms with E-state index in [2.05, 4.69) is 15.9 Å². The van der Waals surface area contributed by atoms with Crippen molar-refractivity contribution in [3.8, 4) is 0 Å². The number of nitrogens with two attached hydrogens (primary N) is 1. The van der Waals surface area contributed by atoms with Gasteiger partial charge in [-0.1, -0.05) is 28.1 Å². The fraction of sp³-hybridized carbons (Fsp3) is 0.333. The van der Waals surface area contributed by atoms with E-state index in [9.17, 15) is 10.1 Å². The second kappa shape index (κ2) is 4.95. The van der Waals surface area contributed by atoms with E-state index in [1.54, 1.807) is 18.2 Å². The van der Waals surface area contributed by atoms with Crippen molar-refractivity contribution in [3.05, 3.63) is 39.9 Å². The zero-order valence-electron chi connectivity index (χ0n) is 7.52. The number of alkyl halides is 1. The quantitative estimate of drug-likeness (QED) is 0.388. The van der Waals surface area contributed by atoms with Crippen molar-refractivity contribution < 1.29 is 4.92 Å². The van der Waals surface area contributed by atoms with Crippen LogP contribution in [0, 0.1) is 10.1 Å². The molecular formula is C9H11BrN2O2. The van der Waals surface area contributed by atoms with Gasteiger partial charge < -0.3 is 5.73 Å². The maximum Gasteiger partial charge on any atom is 0.226 e. The Hall–Kier alpha value is -1.10. The second-order valence-electron chi connectivity index (χ2n) is 3.04. The number of hydrogen-bond acceptors (Lipinski definition) is 3. The Kier molecular flexibility index (Phi) is 3.88. The number of halogens is 1. The summed E-state index contributed by atoms with van der Waals surface area (Å²) in [6, 6.07) is 6.58. The van der Waals surface area contributed by atoms with Crippen molar-refractivity contribution in [2.45, 2.75) is 12.5 Å². The van der Waals surface area contributed by atoms with Gasteiger partial charge in [0, 0.05) is 17.0 Å². The molecule has 0 aliphatic rings. The van der Waals surface area contributed by atoms with Crippen molar-refractivity contribution in [2.24, 2.45) is 0 Å². The van der Waals surface area contributed by atoms with Gasteiger partial charge in [0.15, 0.2) is 0 Å².